The third-order valence-electron chi connectivity index (χ3n) is 4.63. The Morgan fingerprint density at radius 2 is 2.33 bits per heavy atom. The van der Waals surface area contributed by atoms with Crippen molar-refractivity contribution >= 4 is 5.91 Å². The fraction of sp³-hybridized carbons (Fsp3) is 0.600. The van der Waals surface area contributed by atoms with Crippen LogP contribution in [-0.4, -0.2) is 46.5 Å². The summed E-state index contributed by atoms with van der Waals surface area (Å²) in [5.74, 6) is -0.536. The molecule has 3 N–H and O–H groups in total. The van der Waals surface area contributed by atoms with Gasteiger partial charge < -0.3 is 20.3 Å². The molecule has 114 valence electrons. The van der Waals surface area contributed by atoms with E-state index in [1.165, 1.54) is 12.3 Å². The van der Waals surface area contributed by atoms with Crippen LogP contribution in [-0.2, 0) is 4.74 Å². The van der Waals surface area contributed by atoms with Crippen molar-refractivity contribution in [3.05, 3.63) is 24.0 Å². The van der Waals surface area contributed by atoms with Crippen LogP contribution in [0.1, 0.15) is 36.2 Å². The predicted molar refractivity (Wildman–Crippen MR) is 74.9 cm³/mol. The number of aliphatic hydroxyl groups excluding tert-OH is 1. The Kier molecular flexibility index (Phi) is 3.59. The number of amides is 1. The number of aliphatic hydroxyl groups is 1. The van der Waals surface area contributed by atoms with Gasteiger partial charge in [-0.2, -0.15) is 0 Å². The molecule has 1 aliphatic carbocycles. The normalized spacial score (nSPS) is 31.1. The lowest BCUT2D eigenvalue weighted by atomic mass is 9.71. The minimum absolute atomic E-state index is 0.0242. The molecule has 1 aliphatic heterocycles. The molecule has 2 bridgehead atoms. The van der Waals surface area contributed by atoms with Crippen LogP contribution in [0.2, 0.25) is 0 Å². The number of carbonyl (C=O) groups excluding carboxylic acids is 1. The van der Waals surface area contributed by atoms with Gasteiger partial charge in [0, 0.05) is 18.2 Å². The lowest BCUT2D eigenvalue weighted by Gasteiger charge is -2.36. The fourth-order valence-electron chi connectivity index (χ4n) is 3.48. The van der Waals surface area contributed by atoms with E-state index in [2.05, 4.69) is 10.3 Å². The Bertz CT molecular complexity index is 550. The number of pyridine rings is 1. The number of nitrogens with zero attached hydrogens (tertiary/aromatic N) is 1. The maximum Gasteiger partial charge on any atom is 0.273 e. The zero-order valence-electron chi connectivity index (χ0n) is 11.8. The number of ether oxygens (including phenoxy) is 1. The van der Waals surface area contributed by atoms with Gasteiger partial charge in [0.05, 0.1) is 18.8 Å². The molecule has 2 atom stereocenters. The van der Waals surface area contributed by atoms with Crippen LogP contribution in [0.3, 0.4) is 0 Å². The predicted octanol–water partition coefficient (Wildman–Crippen LogP) is 0.839. The highest BCUT2D eigenvalue weighted by molar-refractivity contribution is 5.94. The van der Waals surface area contributed by atoms with Gasteiger partial charge in [-0.25, -0.2) is 4.98 Å². The first-order valence-corrected chi connectivity index (χ1v) is 7.25. The standard InChI is InChI=1S/C15H20N2O4/c18-9-14-4-2-5-15(7-14,21-10-14)8-17-13(20)12-11(19)3-1-6-16-12/h1,3,6,18-19H,2,4-5,7-10H2,(H,17,20). The van der Waals surface area contributed by atoms with E-state index in [4.69, 9.17) is 4.74 Å². The highest BCUT2D eigenvalue weighted by Crippen LogP contribution is 2.49. The van der Waals surface area contributed by atoms with E-state index in [9.17, 15) is 15.0 Å². The van der Waals surface area contributed by atoms with Crippen LogP contribution in [0.4, 0.5) is 0 Å². The molecule has 0 spiro atoms. The van der Waals surface area contributed by atoms with E-state index in [0.29, 0.717) is 13.2 Å². The van der Waals surface area contributed by atoms with Crippen molar-refractivity contribution in [1.29, 1.82) is 0 Å². The van der Waals surface area contributed by atoms with Gasteiger partial charge in [0.2, 0.25) is 0 Å². The topological polar surface area (TPSA) is 91.7 Å². The molecule has 6 heteroatoms. The minimum Gasteiger partial charge on any atom is -0.505 e. The summed E-state index contributed by atoms with van der Waals surface area (Å²) in [6.07, 6.45) is 5.08. The zero-order valence-corrected chi connectivity index (χ0v) is 11.8. The van der Waals surface area contributed by atoms with Crippen LogP contribution in [0.5, 0.6) is 5.75 Å². The highest BCUT2D eigenvalue weighted by Gasteiger charge is 2.52. The molecule has 0 radical (unpaired) electrons. The minimum atomic E-state index is -0.404. The molecular weight excluding hydrogens is 272 g/mol. The number of aromatic hydroxyl groups is 1. The molecule has 2 fully saturated rings. The zero-order chi connectivity index (χ0) is 14.9. The number of rotatable bonds is 4. The Morgan fingerprint density at radius 1 is 1.48 bits per heavy atom. The Hall–Kier alpha value is -1.66. The van der Waals surface area contributed by atoms with Crippen LogP contribution in [0.15, 0.2) is 18.3 Å². The van der Waals surface area contributed by atoms with Crippen LogP contribution < -0.4 is 5.32 Å². The second kappa shape index (κ2) is 5.27. The van der Waals surface area contributed by atoms with E-state index in [1.54, 1.807) is 6.07 Å². The Labute approximate surface area is 123 Å². The van der Waals surface area contributed by atoms with Crippen molar-refractivity contribution in [2.24, 2.45) is 5.41 Å². The first kappa shape index (κ1) is 14.3. The van der Waals surface area contributed by atoms with Crippen molar-refractivity contribution in [2.75, 3.05) is 19.8 Å². The van der Waals surface area contributed by atoms with Gasteiger partial charge in [-0.1, -0.05) is 0 Å². The molecule has 2 unspecified atom stereocenters. The number of nitrogens with one attached hydrogen (secondary N) is 1. The number of fused-ring (bicyclic) bond motifs is 2. The summed E-state index contributed by atoms with van der Waals surface area (Å²) in [6, 6.07) is 3.01. The average molecular weight is 292 g/mol. The molecular formula is C15H20N2O4. The summed E-state index contributed by atoms with van der Waals surface area (Å²) in [6.45, 7) is 1.06. The van der Waals surface area contributed by atoms with E-state index < -0.39 is 5.91 Å². The molecule has 0 aromatic carbocycles. The van der Waals surface area contributed by atoms with Crippen molar-refractivity contribution in [2.45, 2.75) is 31.3 Å². The van der Waals surface area contributed by atoms with Gasteiger partial charge >= 0.3 is 0 Å². The average Bonchev–Trinajstić information content (AvgIpc) is 2.77. The molecule has 1 aromatic heterocycles. The first-order valence-electron chi connectivity index (χ1n) is 7.25. The van der Waals surface area contributed by atoms with E-state index >= 15 is 0 Å². The van der Waals surface area contributed by atoms with Crippen molar-refractivity contribution in [3.8, 4) is 5.75 Å². The molecule has 21 heavy (non-hydrogen) atoms. The van der Waals surface area contributed by atoms with Crippen molar-refractivity contribution in [1.82, 2.24) is 10.3 Å². The summed E-state index contributed by atoms with van der Waals surface area (Å²) >= 11 is 0. The maximum absolute atomic E-state index is 12.1. The molecule has 2 aliphatic rings. The molecule has 1 aromatic rings. The fourth-order valence-corrected chi connectivity index (χ4v) is 3.48. The monoisotopic (exact) mass is 292 g/mol. The lowest BCUT2D eigenvalue weighted by Crippen LogP contribution is -2.45. The third-order valence-corrected chi connectivity index (χ3v) is 4.63. The molecule has 1 saturated heterocycles. The summed E-state index contributed by atoms with van der Waals surface area (Å²) in [4.78, 5) is 16.0. The van der Waals surface area contributed by atoms with Crippen molar-refractivity contribution < 1.29 is 19.7 Å². The maximum atomic E-state index is 12.1. The second-order valence-corrected chi connectivity index (χ2v) is 6.21. The largest absolute Gasteiger partial charge is 0.505 e. The van der Waals surface area contributed by atoms with E-state index in [1.807, 2.05) is 0 Å². The van der Waals surface area contributed by atoms with Gasteiger partial charge in [-0.05, 0) is 37.8 Å². The van der Waals surface area contributed by atoms with Crippen LogP contribution in [0, 0.1) is 5.41 Å². The van der Waals surface area contributed by atoms with Gasteiger partial charge in [0.25, 0.3) is 5.91 Å². The molecule has 3 rings (SSSR count). The summed E-state index contributed by atoms with van der Waals surface area (Å²) in [5, 5.41) is 22.0. The molecule has 1 saturated carbocycles. The van der Waals surface area contributed by atoms with E-state index in [-0.39, 0.29) is 29.1 Å². The molecule has 1 amide bonds. The Balaban J connectivity index is 1.66. The highest BCUT2D eigenvalue weighted by atomic mass is 16.5. The lowest BCUT2D eigenvalue weighted by molar-refractivity contribution is -0.000395. The van der Waals surface area contributed by atoms with Gasteiger partial charge in [0.1, 0.15) is 5.75 Å². The number of hydrogen-bond acceptors (Lipinski definition) is 5. The van der Waals surface area contributed by atoms with Gasteiger partial charge in [-0.3, -0.25) is 4.79 Å². The SMILES string of the molecule is O=C(NCC12CCCC(CO)(CO1)C2)c1ncccc1O. The van der Waals surface area contributed by atoms with Crippen LogP contribution >= 0.6 is 0 Å². The Morgan fingerprint density at radius 3 is 3.10 bits per heavy atom. The van der Waals surface area contributed by atoms with Gasteiger partial charge in [-0.15, -0.1) is 0 Å². The summed E-state index contributed by atoms with van der Waals surface area (Å²) < 4.78 is 5.92. The van der Waals surface area contributed by atoms with E-state index in [0.717, 1.165) is 25.7 Å². The van der Waals surface area contributed by atoms with Crippen molar-refractivity contribution in [3.63, 3.8) is 0 Å². The summed E-state index contributed by atoms with van der Waals surface area (Å²) in [7, 11) is 0. The number of carbonyl (C=O) groups is 1. The van der Waals surface area contributed by atoms with Gasteiger partial charge in [0.15, 0.2) is 5.69 Å². The number of aromatic nitrogens is 1. The quantitative estimate of drug-likeness (QED) is 0.765. The molecule has 6 nitrogen and oxygen atoms in total. The number of hydrogen-bond donors (Lipinski definition) is 3. The van der Waals surface area contributed by atoms with Crippen LogP contribution in [0.25, 0.3) is 0 Å². The summed E-state index contributed by atoms with van der Waals surface area (Å²) in [5.41, 5.74) is -0.506. The second-order valence-electron chi connectivity index (χ2n) is 6.21. The first-order chi connectivity index (χ1) is 10.1. The molecule has 2 heterocycles. The third kappa shape index (κ3) is 2.61. The smallest absolute Gasteiger partial charge is 0.273 e.